The first-order chi connectivity index (χ1) is 26.3. The zero-order valence-corrected chi connectivity index (χ0v) is 29.9. The summed E-state index contributed by atoms with van der Waals surface area (Å²) in [5.74, 6) is -1.95. The first-order valence-electron chi connectivity index (χ1n) is 18.3. The molecule has 1 atom stereocenters. The minimum Gasteiger partial charge on any atom is -0.448 e. The molecule has 0 saturated carbocycles. The lowest BCUT2D eigenvalue weighted by molar-refractivity contribution is -0.133. The monoisotopic (exact) mass is 734 g/mol. The molecular weight excluding hydrogens is 691 g/mol. The highest BCUT2D eigenvalue weighted by Gasteiger charge is 2.33. The molecule has 12 nitrogen and oxygen atoms in total. The number of halogens is 1. The van der Waals surface area contributed by atoms with E-state index in [9.17, 15) is 19.2 Å². The Balaban J connectivity index is 0.956. The molecule has 0 spiro atoms. The third-order valence-electron chi connectivity index (χ3n) is 10.4. The molecule has 4 amide bonds. The lowest BCUT2D eigenvalue weighted by atomic mass is 9.83. The van der Waals surface area contributed by atoms with E-state index >= 15 is 4.39 Å². The molecule has 0 bridgehead atoms. The van der Waals surface area contributed by atoms with Crippen LogP contribution < -0.4 is 11.2 Å². The van der Waals surface area contributed by atoms with Crippen molar-refractivity contribution in [1.82, 2.24) is 20.1 Å². The second-order valence-corrected chi connectivity index (χ2v) is 13.7. The highest BCUT2D eigenvalue weighted by molar-refractivity contribution is 6.07. The van der Waals surface area contributed by atoms with Crippen molar-refractivity contribution in [2.45, 2.75) is 18.8 Å². The van der Waals surface area contributed by atoms with Gasteiger partial charge in [-0.15, -0.1) is 0 Å². The molecule has 54 heavy (non-hydrogen) atoms. The van der Waals surface area contributed by atoms with E-state index in [-0.39, 0.29) is 81.7 Å². The Morgan fingerprint density at radius 1 is 0.944 bits per heavy atom. The maximum absolute atomic E-state index is 15.1. The van der Waals surface area contributed by atoms with Crippen LogP contribution in [-0.4, -0.2) is 110 Å². The lowest BCUT2D eigenvalue weighted by Crippen LogP contribution is -2.53. The summed E-state index contributed by atoms with van der Waals surface area (Å²) in [5, 5.41) is 4.27. The maximum Gasteiger partial charge on any atom is 0.410 e. The standard InChI is InChI=1S/C41H43FN6O6/c42-36-14-13-27(24-37-32-11-5-6-12-33(32)39(50)45-44-37)23-34(36)40(51)47-18-16-46(17-19-47)38(49)25-48(20-22-53-21-15-43)41(52)54-26-35-30-9-3-1-7-28(30)29-8-2-4-10-31(29)35/h1-10,12-14,23,32,35H,11,15-22,24-26,43H2,(H,45,50). The number of piperazine rings is 1. The molecule has 1 fully saturated rings. The number of hydrazone groups is 1. The highest BCUT2D eigenvalue weighted by Crippen LogP contribution is 2.44. The largest absolute Gasteiger partial charge is 0.448 e. The summed E-state index contributed by atoms with van der Waals surface area (Å²) in [5.41, 5.74) is 14.5. The number of carbonyl (C=O) groups is 4. The average molecular weight is 735 g/mol. The highest BCUT2D eigenvalue weighted by atomic mass is 19.1. The second-order valence-electron chi connectivity index (χ2n) is 13.7. The fourth-order valence-corrected chi connectivity index (χ4v) is 7.54. The van der Waals surface area contributed by atoms with E-state index in [0.717, 1.165) is 28.0 Å². The van der Waals surface area contributed by atoms with Gasteiger partial charge in [0.25, 0.3) is 11.8 Å². The minimum absolute atomic E-state index is 0.0639. The molecule has 13 heteroatoms. The molecule has 3 aromatic rings. The summed E-state index contributed by atoms with van der Waals surface area (Å²) >= 11 is 0. The molecule has 7 rings (SSSR count). The van der Waals surface area contributed by atoms with E-state index < -0.39 is 17.8 Å². The number of benzene rings is 3. The fraction of sp³-hybridized carbons (Fsp3) is 0.341. The number of nitrogens with two attached hydrogens (primary N) is 1. The number of fused-ring (bicyclic) bond motifs is 4. The van der Waals surface area contributed by atoms with Gasteiger partial charge in [-0.05, 0) is 46.4 Å². The van der Waals surface area contributed by atoms with Gasteiger partial charge in [0.05, 0.1) is 24.5 Å². The van der Waals surface area contributed by atoms with Crippen LogP contribution in [0.5, 0.6) is 0 Å². The van der Waals surface area contributed by atoms with Crippen LogP contribution in [0.3, 0.4) is 0 Å². The van der Waals surface area contributed by atoms with Crippen molar-refractivity contribution < 1.29 is 33.0 Å². The molecule has 0 radical (unpaired) electrons. The van der Waals surface area contributed by atoms with Crippen molar-refractivity contribution in [3.63, 3.8) is 0 Å². The van der Waals surface area contributed by atoms with E-state index in [1.54, 1.807) is 17.0 Å². The Morgan fingerprint density at radius 3 is 2.37 bits per heavy atom. The summed E-state index contributed by atoms with van der Waals surface area (Å²) in [4.78, 5) is 57.4. The van der Waals surface area contributed by atoms with E-state index in [1.165, 1.54) is 21.9 Å². The van der Waals surface area contributed by atoms with Gasteiger partial charge in [0.1, 0.15) is 19.0 Å². The molecule has 2 aliphatic carbocycles. The smallest absolute Gasteiger partial charge is 0.410 e. The van der Waals surface area contributed by atoms with Crippen molar-refractivity contribution in [2.75, 3.05) is 65.6 Å². The lowest BCUT2D eigenvalue weighted by Gasteiger charge is -2.36. The zero-order chi connectivity index (χ0) is 37.6. The van der Waals surface area contributed by atoms with Crippen molar-refractivity contribution >= 4 is 29.5 Å². The van der Waals surface area contributed by atoms with Crippen molar-refractivity contribution in [3.8, 4) is 11.1 Å². The Kier molecular flexibility index (Phi) is 11.3. The van der Waals surface area contributed by atoms with Gasteiger partial charge in [-0.25, -0.2) is 14.6 Å². The van der Waals surface area contributed by atoms with Crippen molar-refractivity contribution in [1.29, 1.82) is 0 Å². The summed E-state index contributed by atoms with van der Waals surface area (Å²) in [6, 6.07) is 20.6. The number of ether oxygens (including phenoxy) is 2. The van der Waals surface area contributed by atoms with Crippen LogP contribution in [0.15, 0.2) is 95.6 Å². The van der Waals surface area contributed by atoms with Crippen LogP contribution in [0.1, 0.15) is 39.4 Å². The maximum atomic E-state index is 15.1. The zero-order valence-electron chi connectivity index (χ0n) is 29.9. The average Bonchev–Trinajstić information content (AvgIpc) is 3.53. The fourth-order valence-electron chi connectivity index (χ4n) is 7.54. The number of rotatable bonds is 12. The predicted octanol–water partition coefficient (Wildman–Crippen LogP) is 3.87. The van der Waals surface area contributed by atoms with Gasteiger partial charge in [-0.2, -0.15) is 5.10 Å². The van der Waals surface area contributed by atoms with Crippen LogP contribution in [0.4, 0.5) is 9.18 Å². The number of nitrogens with zero attached hydrogens (tertiary/aromatic N) is 4. The van der Waals surface area contributed by atoms with Gasteiger partial charge < -0.3 is 25.0 Å². The minimum atomic E-state index is -0.641. The number of carbonyl (C=O) groups excluding carboxylic acids is 4. The normalized spacial score (nSPS) is 17.5. The Bertz CT molecular complexity index is 1980. The second kappa shape index (κ2) is 16.6. The number of nitrogens with one attached hydrogen (secondary N) is 1. The molecule has 3 N–H and O–H groups in total. The van der Waals surface area contributed by atoms with Crippen molar-refractivity contribution in [2.24, 2.45) is 16.8 Å². The van der Waals surface area contributed by atoms with Gasteiger partial charge in [-0.3, -0.25) is 19.3 Å². The van der Waals surface area contributed by atoms with Crippen LogP contribution >= 0.6 is 0 Å². The third kappa shape index (κ3) is 7.82. The van der Waals surface area contributed by atoms with Crippen LogP contribution in [0.2, 0.25) is 0 Å². The molecule has 1 saturated heterocycles. The molecule has 1 unspecified atom stereocenters. The predicted molar refractivity (Wildman–Crippen MR) is 200 cm³/mol. The van der Waals surface area contributed by atoms with E-state index in [0.29, 0.717) is 37.1 Å². The van der Waals surface area contributed by atoms with E-state index in [2.05, 4.69) is 22.7 Å². The first-order valence-corrected chi connectivity index (χ1v) is 18.3. The number of amides is 4. The van der Waals surface area contributed by atoms with E-state index in [4.69, 9.17) is 15.2 Å². The summed E-state index contributed by atoms with van der Waals surface area (Å²) in [6.07, 6.45) is 5.95. The molecule has 2 heterocycles. The molecule has 4 aliphatic rings. The summed E-state index contributed by atoms with van der Waals surface area (Å²) in [6.45, 7) is 1.65. The van der Waals surface area contributed by atoms with Gasteiger partial charge >= 0.3 is 6.09 Å². The Morgan fingerprint density at radius 2 is 1.65 bits per heavy atom. The van der Waals surface area contributed by atoms with Gasteiger partial charge in [0.2, 0.25) is 5.91 Å². The Labute approximate surface area is 313 Å². The third-order valence-corrected chi connectivity index (χ3v) is 10.4. The molecule has 280 valence electrons. The number of hydrogen-bond acceptors (Lipinski definition) is 8. The van der Waals surface area contributed by atoms with Gasteiger partial charge in [0.15, 0.2) is 0 Å². The van der Waals surface area contributed by atoms with E-state index in [1.807, 2.05) is 48.6 Å². The topological polar surface area (TPSA) is 147 Å². The van der Waals surface area contributed by atoms with Gasteiger partial charge in [-0.1, -0.05) is 72.8 Å². The van der Waals surface area contributed by atoms with Gasteiger partial charge in [0, 0.05) is 63.1 Å². The van der Waals surface area contributed by atoms with Crippen LogP contribution in [0.25, 0.3) is 11.1 Å². The molecule has 3 aromatic carbocycles. The first kappa shape index (κ1) is 36.7. The molecule has 0 aromatic heterocycles. The summed E-state index contributed by atoms with van der Waals surface area (Å²) in [7, 11) is 0. The quantitative estimate of drug-likeness (QED) is 0.269. The van der Waals surface area contributed by atoms with Crippen molar-refractivity contribution in [3.05, 3.63) is 119 Å². The number of allylic oxidation sites excluding steroid dienone is 3. The SMILES string of the molecule is NCCOCCN(CC(=O)N1CCN(C(=O)c2cc(CC3=NNC(=O)C4=CC=CCC43)ccc2F)CC1)C(=O)OCC1c2ccccc2-c2ccccc21. The molecular formula is C41H43FN6O6. The Hall–Kier alpha value is -5.66. The number of hydrogen-bond donors (Lipinski definition) is 2. The molecule has 2 aliphatic heterocycles. The summed E-state index contributed by atoms with van der Waals surface area (Å²) < 4.78 is 26.5. The van der Waals surface area contributed by atoms with Crippen LogP contribution in [0, 0.1) is 11.7 Å². The van der Waals surface area contributed by atoms with Crippen LogP contribution in [-0.2, 0) is 25.5 Å².